The van der Waals surface area contributed by atoms with Crippen LogP contribution >= 0.6 is 0 Å². The molecule has 0 bridgehead atoms. The van der Waals surface area contributed by atoms with Crippen molar-refractivity contribution < 1.29 is 14.9 Å². The first kappa shape index (κ1) is 22.3. The summed E-state index contributed by atoms with van der Waals surface area (Å²) in [7, 11) is 0. The number of hydrogen-bond acceptors (Lipinski definition) is 3. The zero-order chi connectivity index (χ0) is 20.9. The van der Waals surface area contributed by atoms with Gasteiger partial charge in [0, 0.05) is 0 Å². The second-order valence-electron chi connectivity index (χ2n) is 10.9. The molecule has 162 valence electrons. The van der Waals surface area contributed by atoms with E-state index in [1.54, 1.807) is 13.8 Å². The third kappa shape index (κ3) is 3.61. The van der Waals surface area contributed by atoms with Crippen LogP contribution in [0.15, 0.2) is 12.2 Å². The van der Waals surface area contributed by atoms with Gasteiger partial charge in [0.15, 0.2) is 5.79 Å². The molecule has 0 spiro atoms. The van der Waals surface area contributed by atoms with Gasteiger partial charge in [-0.05, 0) is 99.7 Å². The lowest BCUT2D eigenvalue weighted by Gasteiger charge is -2.62. The second-order valence-corrected chi connectivity index (χ2v) is 10.9. The van der Waals surface area contributed by atoms with Crippen molar-refractivity contribution in [2.75, 3.05) is 0 Å². The van der Waals surface area contributed by atoms with Gasteiger partial charge in [0.05, 0.1) is 12.2 Å². The van der Waals surface area contributed by atoms with E-state index in [9.17, 15) is 10.2 Å². The molecular formula is C25H44O3. The molecule has 28 heavy (non-hydrogen) atoms. The first-order chi connectivity index (χ1) is 13.0. The molecule has 4 aliphatic carbocycles. The van der Waals surface area contributed by atoms with Crippen LogP contribution in [0.3, 0.4) is 0 Å². The number of fused-ring (bicyclic) bond motifs is 5. The molecule has 4 fully saturated rings. The number of aliphatic hydroxyl groups excluding tert-OH is 1. The monoisotopic (exact) mass is 392 g/mol. The van der Waals surface area contributed by atoms with Gasteiger partial charge in [-0.2, -0.15) is 0 Å². The first-order valence-corrected chi connectivity index (χ1v) is 11.8. The summed E-state index contributed by atoms with van der Waals surface area (Å²) in [4.78, 5) is 0. The summed E-state index contributed by atoms with van der Waals surface area (Å²) < 4.78 is 6.31. The van der Waals surface area contributed by atoms with Gasteiger partial charge in [-0.25, -0.2) is 0 Å². The predicted molar refractivity (Wildman–Crippen MR) is 115 cm³/mol. The van der Waals surface area contributed by atoms with Crippen LogP contribution in [0.1, 0.15) is 92.9 Å². The summed E-state index contributed by atoms with van der Waals surface area (Å²) in [5.41, 5.74) is 2.00. The summed E-state index contributed by atoms with van der Waals surface area (Å²) in [6.07, 6.45) is 8.78. The van der Waals surface area contributed by atoms with E-state index in [1.807, 2.05) is 13.8 Å². The lowest BCUT2D eigenvalue weighted by atomic mass is 9.44. The van der Waals surface area contributed by atoms with E-state index in [1.165, 1.54) is 24.8 Å². The van der Waals surface area contributed by atoms with Crippen LogP contribution in [0.5, 0.6) is 0 Å². The SMILES string of the molecule is C=C1CCC2C3C(OC(C)(C)O)CC4CC(O)CCC4(C)C3CCC12C.CC. The molecule has 0 saturated heterocycles. The van der Waals surface area contributed by atoms with Crippen LogP contribution in [0.2, 0.25) is 0 Å². The molecule has 0 aromatic rings. The van der Waals surface area contributed by atoms with E-state index in [0.717, 1.165) is 32.1 Å². The molecule has 0 heterocycles. The molecular weight excluding hydrogens is 348 g/mol. The normalized spacial score (nSPS) is 48.1. The summed E-state index contributed by atoms with van der Waals surface area (Å²) in [6.45, 7) is 16.9. The minimum atomic E-state index is -1.10. The highest BCUT2D eigenvalue weighted by Gasteiger charge is 2.62. The Morgan fingerprint density at radius 2 is 1.71 bits per heavy atom. The number of allylic oxidation sites excluding steroid dienone is 1. The maximum Gasteiger partial charge on any atom is 0.160 e. The van der Waals surface area contributed by atoms with Gasteiger partial charge in [-0.15, -0.1) is 0 Å². The molecule has 8 unspecified atom stereocenters. The van der Waals surface area contributed by atoms with E-state index in [0.29, 0.717) is 29.1 Å². The van der Waals surface area contributed by atoms with Crippen molar-refractivity contribution in [3.63, 3.8) is 0 Å². The number of ether oxygens (including phenoxy) is 1. The standard InChI is InChI=1S/C23H38O3.C2H6/c1-14-6-7-17-20-18(9-11-22(14,17)4)23(5)10-8-16(24)12-15(23)13-19(20)26-21(2,3)25;1-2/h15-20,24-25H,1,6-13H2,2-5H3;1-2H3. The largest absolute Gasteiger partial charge is 0.393 e. The Hall–Kier alpha value is -0.380. The van der Waals surface area contributed by atoms with Gasteiger partial charge in [0.2, 0.25) is 0 Å². The molecule has 4 saturated carbocycles. The average molecular weight is 393 g/mol. The Bertz CT molecular complexity index is 579. The van der Waals surface area contributed by atoms with Crippen LogP contribution in [-0.2, 0) is 4.74 Å². The Morgan fingerprint density at radius 3 is 2.36 bits per heavy atom. The van der Waals surface area contributed by atoms with Crippen LogP contribution in [0, 0.1) is 34.5 Å². The molecule has 0 radical (unpaired) electrons. The zero-order valence-electron chi connectivity index (χ0n) is 19.1. The maximum absolute atomic E-state index is 10.4. The highest BCUT2D eigenvalue weighted by molar-refractivity contribution is 5.22. The Morgan fingerprint density at radius 1 is 1.04 bits per heavy atom. The topological polar surface area (TPSA) is 49.7 Å². The van der Waals surface area contributed by atoms with Crippen molar-refractivity contribution in [2.24, 2.45) is 34.5 Å². The third-order valence-electron chi connectivity index (χ3n) is 9.03. The Balaban J connectivity index is 0.00000109. The van der Waals surface area contributed by atoms with Gasteiger partial charge in [-0.3, -0.25) is 0 Å². The quantitative estimate of drug-likeness (QED) is 0.468. The average Bonchev–Trinajstić information content (AvgIpc) is 2.92. The van der Waals surface area contributed by atoms with E-state index >= 15 is 0 Å². The number of rotatable bonds is 2. The molecule has 3 nitrogen and oxygen atoms in total. The smallest absolute Gasteiger partial charge is 0.160 e. The minimum Gasteiger partial charge on any atom is -0.393 e. The molecule has 0 amide bonds. The summed E-state index contributed by atoms with van der Waals surface area (Å²) >= 11 is 0. The van der Waals surface area contributed by atoms with Crippen molar-refractivity contribution in [3.05, 3.63) is 12.2 Å². The lowest BCUT2D eigenvalue weighted by Crippen LogP contribution is -2.59. The highest BCUT2D eigenvalue weighted by Crippen LogP contribution is 2.67. The minimum absolute atomic E-state index is 0.0962. The fourth-order valence-corrected chi connectivity index (χ4v) is 7.58. The van der Waals surface area contributed by atoms with Gasteiger partial charge >= 0.3 is 0 Å². The van der Waals surface area contributed by atoms with Crippen molar-refractivity contribution in [3.8, 4) is 0 Å². The number of aliphatic hydroxyl groups is 2. The van der Waals surface area contributed by atoms with Gasteiger partial charge < -0.3 is 14.9 Å². The van der Waals surface area contributed by atoms with E-state index < -0.39 is 5.79 Å². The van der Waals surface area contributed by atoms with E-state index in [4.69, 9.17) is 4.74 Å². The molecule has 0 aliphatic heterocycles. The molecule has 0 aromatic heterocycles. The van der Waals surface area contributed by atoms with Gasteiger partial charge in [-0.1, -0.05) is 39.8 Å². The van der Waals surface area contributed by atoms with E-state index in [-0.39, 0.29) is 17.6 Å². The Kier molecular flexibility index (Phi) is 6.14. The molecule has 0 aromatic carbocycles. The molecule has 4 rings (SSSR count). The summed E-state index contributed by atoms with van der Waals surface area (Å²) in [5, 5.41) is 20.7. The highest BCUT2D eigenvalue weighted by atomic mass is 16.6. The van der Waals surface area contributed by atoms with Crippen LogP contribution in [0.25, 0.3) is 0 Å². The summed E-state index contributed by atoms with van der Waals surface area (Å²) in [6, 6.07) is 0. The van der Waals surface area contributed by atoms with Crippen molar-refractivity contribution in [2.45, 2.75) is 111 Å². The first-order valence-electron chi connectivity index (χ1n) is 11.8. The van der Waals surface area contributed by atoms with Crippen LogP contribution in [0.4, 0.5) is 0 Å². The molecule has 3 heteroatoms. The van der Waals surface area contributed by atoms with Crippen molar-refractivity contribution >= 4 is 0 Å². The number of hydrogen-bond donors (Lipinski definition) is 2. The lowest BCUT2D eigenvalue weighted by molar-refractivity contribution is -0.263. The fraction of sp³-hybridized carbons (Fsp3) is 0.920. The van der Waals surface area contributed by atoms with Crippen molar-refractivity contribution in [1.29, 1.82) is 0 Å². The van der Waals surface area contributed by atoms with Gasteiger partial charge in [0.1, 0.15) is 0 Å². The predicted octanol–water partition coefficient (Wildman–Crippen LogP) is 5.70. The summed E-state index contributed by atoms with van der Waals surface area (Å²) in [5.74, 6) is 1.19. The van der Waals surface area contributed by atoms with Crippen molar-refractivity contribution in [1.82, 2.24) is 0 Å². The maximum atomic E-state index is 10.4. The van der Waals surface area contributed by atoms with Gasteiger partial charge in [0.25, 0.3) is 0 Å². The van der Waals surface area contributed by atoms with Crippen LogP contribution in [-0.4, -0.2) is 28.2 Å². The van der Waals surface area contributed by atoms with Crippen LogP contribution < -0.4 is 0 Å². The Labute approximate surface area is 172 Å². The molecule has 2 N–H and O–H groups in total. The second kappa shape index (κ2) is 7.71. The fourth-order valence-electron chi connectivity index (χ4n) is 7.58. The third-order valence-corrected chi connectivity index (χ3v) is 9.03. The zero-order valence-corrected chi connectivity index (χ0v) is 19.1. The molecule has 4 aliphatic rings. The molecule has 8 atom stereocenters. The van der Waals surface area contributed by atoms with E-state index in [2.05, 4.69) is 20.4 Å².